The van der Waals surface area contributed by atoms with Gasteiger partial charge in [0.2, 0.25) is 15.8 Å². The van der Waals surface area contributed by atoms with Crippen molar-refractivity contribution in [3.63, 3.8) is 0 Å². The van der Waals surface area contributed by atoms with E-state index >= 15 is 0 Å². The van der Waals surface area contributed by atoms with Gasteiger partial charge in [-0.15, -0.1) is 11.3 Å². The second-order valence-electron chi connectivity index (χ2n) is 10.1. The highest BCUT2D eigenvalue weighted by molar-refractivity contribution is 7.89. The lowest BCUT2D eigenvalue weighted by Gasteiger charge is -2.46. The number of carbonyl (C=O) groups is 1. The van der Waals surface area contributed by atoms with Crippen molar-refractivity contribution < 1.29 is 17.6 Å². The van der Waals surface area contributed by atoms with Gasteiger partial charge < -0.3 is 0 Å². The molecule has 6 rings (SSSR count). The fourth-order valence-corrected chi connectivity index (χ4v) is 8.49. The van der Waals surface area contributed by atoms with E-state index in [-0.39, 0.29) is 29.1 Å². The number of aromatic nitrogens is 3. The van der Waals surface area contributed by atoms with Crippen LogP contribution >= 0.6 is 22.9 Å². The summed E-state index contributed by atoms with van der Waals surface area (Å²) in [7, 11) is -3.82. The molecule has 2 aliphatic rings. The van der Waals surface area contributed by atoms with Gasteiger partial charge in [0.05, 0.1) is 27.9 Å². The fraction of sp³-hybridized carbons (Fsp3) is 0.276. The lowest BCUT2D eigenvalue weighted by molar-refractivity contribution is 0.0744. The normalized spacial score (nSPS) is 20.6. The first-order chi connectivity index (χ1) is 19.2. The molecule has 4 aromatic rings. The third-order valence-electron chi connectivity index (χ3n) is 7.91. The minimum Gasteiger partial charge on any atom is -0.290 e. The lowest BCUT2D eigenvalue weighted by atomic mass is 9.61. The molecule has 0 bridgehead atoms. The van der Waals surface area contributed by atoms with Crippen molar-refractivity contribution in [2.24, 2.45) is 5.41 Å². The van der Waals surface area contributed by atoms with E-state index in [2.05, 4.69) is 10.1 Å². The number of Topliss-reactive ketones (excluding diaryl/α,β-unsaturated/α-hetero) is 1. The number of thiazole rings is 1. The molecule has 40 heavy (non-hydrogen) atoms. The second kappa shape index (κ2) is 10.3. The van der Waals surface area contributed by atoms with E-state index in [1.54, 1.807) is 46.7 Å². The van der Waals surface area contributed by atoms with Gasteiger partial charge in [-0.05, 0) is 85.9 Å². The number of ketones is 1. The predicted molar refractivity (Wildman–Crippen MR) is 153 cm³/mol. The van der Waals surface area contributed by atoms with E-state index in [0.717, 1.165) is 22.5 Å². The van der Waals surface area contributed by atoms with Crippen LogP contribution in [0.25, 0.3) is 11.8 Å². The molecule has 0 radical (unpaired) electrons. The molecule has 0 N–H and O–H groups in total. The number of fused-ring (bicyclic) bond motifs is 2. The van der Waals surface area contributed by atoms with Gasteiger partial charge in [0, 0.05) is 29.2 Å². The minimum absolute atomic E-state index is 0.0985. The third kappa shape index (κ3) is 4.52. The summed E-state index contributed by atoms with van der Waals surface area (Å²) >= 11 is 7.30. The average molecular weight is 597 g/mol. The molecule has 2 aliphatic carbocycles. The summed E-state index contributed by atoms with van der Waals surface area (Å²) in [4.78, 5) is 18.7. The molecule has 1 fully saturated rings. The number of hydrogen-bond donors (Lipinski definition) is 0. The van der Waals surface area contributed by atoms with Crippen LogP contribution in [0.4, 0.5) is 4.39 Å². The summed E-state index contributed by atoms with van der Waals surface area (Å²) in [6.45, 7) is 2.09. The Morgan fingerprint density at radius 1 is 1.20 bits per heavy atom. The Morgan fingerprint density at radius 3 is 2.62 bits per heavy atom. The van der Waals surface area contributed by atoms with Crippen LogP contribution in [0.3, 0.4) is 0 Å². The van der Waals surface area contributed by atoms with Crippen LogP contribution in [0.15, 0.2) is 76.8 Å². The van der Waals surface area contributed by atoms with E-state index in [1.807, 2.05) is 13.0 Å². The number of rotatable bonds is 7. The first-order valence-corrected chi connectivity index (χ1v) is 15.7. The van der Waals surface area contributed by atoms with Crippen LogP contribution in [0.1, 0.15) is 47.2 Å². The van der Waals surface area contributed by atoms with Crippen LogP contribution in [0, 0.1) is 11.2 Å². The van der Waals surface area contributed by atoms with Crippen molar-refractivity contribution in [1.82, 2.24) is 19.1 Å². The molecule has 1 saturated carbocycles. The zero-order valence-corrected chi connectivity index (χ0v) is 24.0. The highest BCUT2D eigenvalue weighted by atomic mass is 35.5. The van der Waals surface area contributed by atoms with Gasteiger partial charge in [0.25, 0.3) is 0 Å². The van der Waals surface area contributed by atoms with Gasteiger partial charge in [-0.25, -0.2) is 22.5 Å². The van der Waals surface area contributed by atoms with E-state index in [0.29, 0.717) is 35.7 Å². The molecular formula is C29H26ClFN4O3S2. The maximum absolute atomic E-state index is 14.2. The number of carbonyl (C=O) groups excluding carboxylic acids is 1. The molecule has 2 atom stereocenters. The molecule has 2 aromatic carbocycles. The molecule has 0 saturated heterocycles. The number of sulfonamides is 1. The molecule has 7 nitrogen and oxygen atoms in total. The van der Waals surface area contributed by atoms with Gasteiger partial charge in [-0.2, -0.15) is 9.40 Å². The average Bonchev–Trinajstić information content (AvgIpc) is 3.63. The highest BCUT2D eigenvalue weighted by Gasteiger charge is 2.51. The highest BCUT2D eigenvalue weighted by Crippen LogP contribution is 2.51. The summed E-state index contributed by atoms with van der Waals surface area (Å²) in [5.74, 6) is -0.429. The minimum atomic E-state index is -3.82. The zero-order chi connectivity index (χ0) is 28.1. The number of hydrogen-bond acceptors (Lipinski definition) is 6. The van der Waals surface area contributed by atoms with Crippen molar-refractivity contribution >= 4 is 44.8 Å². The number of nitrogens with zero attached hydrogens (tertiary/aromatic N) is 4. The van der Waals surface area contributed by atoms with Gasteiger partial charge in [-0.1, -0.05) is 24.1 Å². The van der Waals surface area contributed by atoms with Crippen LogP contribution in [0.5, 0.6) is 0 Å². The van der Waals surface area contributed by atoms with Gasteiger partial charge >= 0.3 is 0 Å². The molecule has 206 valence electrons. The first-order valence-electron chi connectivity index (χ1n) is 13.0. The quantitative estimate of drug-likeness (QED) is 0.237. The number of halogens is 2. The monoisotopic (exact) mass is 596 g/mol. The smallest absolute Gasteiger partial charge is 0.243 e. The summed E-state index contributed by atoms with van der Waals surface area (Å²) < 4.78 is 44.3. The Bertz CT molecular complexity index is 1700. The molecule has 0 unspecified atom stereocenters. The van der Waals surface area contributed by atoms with Crippen LogP contribution < -0.4 is 0 Å². The van der Waals surface area contributed by atoms with Crippen LogP contribution in [-0.2, 0) is 16.4 Å². The van der Waals surface area contributed by atoms with Gasteiger partial charge in [-0.3, -0.25) is 4.79 Å². The van der Waals surface area contributed by atoms with E-state index < -0.39 is 15.4 Å². The molecular weight excluding hydrogens is 571 g/mol. The predicted octanol–water partition coefficient (Wildman–Crippen LogP) is 6.19. The van der Waals surface area contributed by atoms with Crippen molar-refractivity contribution in [3.05, 3.63) is 99.0 Å². The molecule has 11 heteroatoms. The summed E-state index contributed by atoms with van der Waals surface area (Å²) in [6.07, 6.45) is 7.20. The Balaban J connectivity index is 1.41. The third-order valence-corrected chi connectivity index (χ3v) is 11.0. The fourth-order valence-electron chi connectivity index (χ4n) is 6.02. The molecule has 2 heterocycles. The number of benzene rings is 2. The van der Waals surface area contributed by atoms with Crippen molar-refractivity contribution in [1.29, 1.82) is 0 Å². The van der Waals surface area contributed by atoms with Gasteiger partial charge in [0.15, 0.2) is 5.01 Å². The maximum atomic E-state index is 14.2. The summed E-state index contributed by atoms with van der Waals surface area (Å²) in [5, 5.41) is 7.22. The second-order valence-corrected chi connectivity index (χ2v) is 13.3. The maximum Gasteiger partial charge on any atom is 0.243 e. The summed E-state index contributed by atoms with van der Waals surface area (Å²) in [5.41, 5.74) is 2.44. The van der Waals surface area contributed by atoms with E-state index in [4.69, 9.17) is 11.6 Å². The Hall–Kier alpha value is -3.18. The molecule has 0 aliphatic heterocycles. The first kappa shape index (κ1) is 27.0. The number of allylic oxidation sites excluding steroid dienone is 1. The standard InChI is InChI=1S/C29H26ClFN4O3S2/c1-2-34(40(37,38)25-11-4-21(30)5-12-25)24-8-3-20-15-26-19(18-33-35(26)23-9-6-22(31)7-10-23)16-29(20,17-24)27(36)28-32-13-14-39-28/h4-7,9-15,18,24H,2-3,8,16-17H2,1H3/t24-,29-/m0/s1. The van der Waals surface area contributed by atoms with Crippen LogP contribution in [0.2, 0.25) is 5.02 Å². The van der Waals surface area contributed by atoms with Gasteiger partial charge in [0.1, 0.15) is 5.82 Å². The largest absolute Gasteiger partial charge is 0.290 e. The van der Waals surface area contributed by atoms with E-state index in [9.17, 15) is 17.6 Å². The zero-order valence-electron chi connectivity index (χ0n) is 21.6. The Labute approximate surface area is 241 Å². The Kier molecular flexibility index (Phi) is 6.98. The van der Waals surface area contributed by atoms with Crippen molar-refractivity contribution in [2.75, 3.05) is 6.54 Å². The topological polar surface area (TPSA) is 85.2 Å². The van der Waals surface area contributed by atoms with E-state index in [1.165, 1.54) is 39.9 Å². The van der Waals surface area contributed by atoms with Crippen molar-refractivity contribution in [2.45, 2.75) is 43.5 Å². The molecule has 0 amide bonds. The van der Waals surface area contributed by atoms with Crippen molar-refractivity contribution in [3.8, 4) is 5.69 Å². The lowest BCUT2D eigenvalue weighted by Crippen LogP contribution is -2.50. The Morgan fingerprint density at radius 2 is 1.95 bits per heavy atom. The molecule has 2 aromatic heterocycles. The molecule has 0 spiro atoms. The van der Waals surface area contributed by atoms with Crippen LogP contribution in [-0.4, -0.2) is 45.9 Å². The summed E-state index contributed by atoms with van der Waals surface area (Å²) in [6, 6.07) is 11.9. The SMILES string of the molecule is CCN([C@H]1CCC2=Cc3c(cnn3-c3ccc(F)cc3)C[C@]2(C(=O)c2nccs2)C1)S(=O)(=O)c1ccc(Cl)cc1.